The van der Waals surface area contributed by atoms with Crippen LogP contribution in [0.3, 0.4) is 0 Å². The maximum absolute atomic E-state index is 5.52. The Hall–Kier alpha value is -0.330. The van der Waals surface area contributed by atoms with E-state index < -0.39 is 0 Å². The minimum Gasteiger partial charge on any atom is -0.378 e. The maximum Gasteiger partial charge on any atom is 0.0642 e. The lowest BCUT2D eigenvalue weighted by atomic mass is 9.86. The number of anilines is 1. The summed E-state index contributed by atoms with van der Waals surface area (Å²) in [6.45, 7) is 9.63. The van der Waals surface area contributed by atoms with Crippen LogP contribution in [-0.2, 0) is 11.3 Å². The van der Waals surface area contributed by atoms with Crippen molar-refractivity contribution in [2.24, 2.45) is 5.41 Å². The first-order chi connectivity index (χ1) is 11.2. The maximum atomic E-state index is 5.52. The van der Waals surface area contributed by atoms with Crippen LogP contribution in [0.25, 0.3) is 0 Å². The minimum atomic E-state index is 0. The average Bonchev–Trinajstić information content (AvgIpc) is 3.20. The summed E-state index contributed by atoms with van der Waals surface area (Å²) in [7, 11) is 0. The Morgan fingerprint density at radius 3 is 2.75 bits per heavy atom. The average molecular weight is 417 g/mol. The second-order valence-corrected chi connectivity index (χ2v) is 8.18. The highest BCUT2D eigenvalue weighted by Crippen LogP contribution is 2.37. The molecule has 3 heterocycles. The normalized spacial score (nSPS) is 27.6. The van der Waals surface area contributed by atoms with Crippen molar-refractivity contribution in [3.63, 3.8) is 0 Å². The van der Waals surface area contributed by atoms with Crippen LogP contribution in [0, 0.1) is 5.41 Å². The first kappa shape index (κ1) is 18.5. The van der Waals surface area contributed by atoms with Crippen LogP contribution in [0.1, 0.15) is 18.4 Å². The van der Waals surface area contributed by atoms with Gasteiger partial charge in [0.2, 0.25) is 0 Å². The number of morpholine rings is 1. The molecule has 0 amide bonds. The highest BCUT2D eigenvalue weighted by Gasteiger charge is 2.40. The van der Waals surface area contributed by atoms with Crippen LogP contribution in [0.2, 0.25) is 0 Å². The first-order valence-corrected chi connectivity index (χ1v) is 9.58. The largest absolute Gasteiger partial charge is 0.378 e. The van der Waals surface area contributed by atoms with Crippen molar-refractivity contribution in [2.45, 2.75) is 19.4 Å². The lowest BCUT2D eigenvalue weighted by Crippen LogP contribution is -2.37. The van der Waals surface area contributed by atoms with Gasteiger partial charge in [0.1, 0.15) is 0 Å². The quantitative estimate of drug-likeness (QED) is 0.820. The smallest absolute Gasteiger partial charge is 0.0642 e. The summed E-state index contributed by atoms with van der Waals surface area (Å²) in [6, 6.07) is 6.76. The van der Waals surface area contributed by atoms with Crippen molar-refractivity contribution < 1.29 is 4.74 Å². The fraction of sp³-hybridized carbons (Fsp3) is 0.667. The summed E-state index contributed by atoms with van der Waals surface area (Å²) < 4.78 is 6.68. The number of hydrogen-bond donors (Lipinski definition) is 1. The Bertz CT molecular complexity index is 559. The van der Waals surface area contributed by atoms with Crippen molar-refractivity contribution in [3.05, 3.63) is 28.2 Å². The lowest BCUT2D eigenvalue weighted by Gasteiger charge is -2.32. The Morgan fingerprint density at radius 2 is 2.00 bits per heavy atom. The molecule has 0 bridgehead atoms. The predicted octanol–water partition coefficient (Wildman–Crippen LogP) is 2.89. The van der Waals surface area contributed by atoms with E-state index in [1.807, 2.05) is 0 Å². The fourth-order valence-electron chi connectivity index (χ4n) is 4.32. The molecule has 1 aromatic rings. The predicted molar refractivity (Wildman–Crippen MR) is 104 cm³/mol. The zero-order valence-electron chi connectivity index (χ0n) is 14.1. The summed E-state index contributed by atoms with van der Waals surface area (Å²) in [4.78, 5) is 5.13. The summed E-state index contributed by atoms with van der Waals surface area (Å²) >= 11 is 3.64. The summed E-state index contributed by atoms with van der Waals surface area (Å²) in [5.74, 6) is 0. The molecule has 3 saturated heterocycles. The van der Waals surface area contributed by atoms with Gasteiger partial charge in [0.15, 0.2) is 0 Å². The van der Waals surface area contributed by atoms with E-state index in [9.17, 15) is 0 Å². The van der Waals surface area contributed by atoms with Gasteiger partial charge in [-0.15, -0.1) is 12.4 Å². The Balaban J connectivity index is 0.00000169. The van der Waals surface area contributed by atoms with Gasteiger partial charge in [0.25, 0.3) is 0 Å². The van der Waals surface area contributed by atoms with Crippen molar-refractivity contribution in [1.82, 2.24) is 10.2 Å². The van der Waals surface area contributed by atoms with Gasteiger partial charge in [-0.3, -0.25) is 4.90 Å². The minimum absolute atomic E-state index is 0. The van der Waals surface area contributed by atoms with Crippen molar-refractivity contribution in [2.75, 3.05) is 57.4 Å². The third-order valence-electron chi connectivity index (χ3n) is 5.64. The van der Waals surface area contributed by atoms with Crippen LogP contribution in [0.5, 0.6) is 0 Å². The van der Waals surface area contributed by atoms with Gasteiger partial charge >= 0.3 is 0 Å². The van der Waals surface area contributed by atoms with Gasteiger partial charge in [-0.2, -0.15) is 0 Å². The van der Waals surface area contributed by atoms with E-state index in [0.29, 0.717) is 5.41 Å². The number of nitrogens with one attached hydrogen (secondary N) is 1. The first-order valence-electron chi connectivity index (χ1n) is 8.78. The van der Waals surface area contributed by atoms with Crippen molar-refractivity contribution in [3.8, 4) is 0 Å². The van der Waals surface area contributed by atoms with E-state index >= 15 is 0 Å². The zero-order chi connectivity index (χ0) is 15.7. The Morgan fingerprint density at radius 1 is 1.17 bits per heavy atom. The molecule has 0 aromatic heterocycles. The van der Waals surface area contributed by atoms with Gasteiger partial charge in [0.05, 0.1) is 13.2 Å². The van der Waals surface area contributed by atoms with Crippen molar-refractivity contribution in [1.29, 1.82) is 0 Å². The van der Waals surface area contributed by atoms with Crippen LogP contribution in [0.4, 0.5) is 5.69 Å². The zero-order valence-corrected chi connectivity index (χ0v) is 16.5. The standard InChI is InChI=1S/C18H26BrN3O.ClH/c19-16-2-1-15(17(11-16)22-7-9-23-10-8-22)12-21-6-4-18(14-21)3-5-20-13-18;/h1-2,11,20H,3-10,12-14H2;1H. The second kappa shape index (κ2) is 7.92. The Kier molecular flexibility index (Phi) is 6.09. The van der Waals surface area contributed by atoms with Crippen LogP contribution in [-0.4, -0.2) is 57.4 Å². The molecule has 1 spiro atoms. The number of hydrogen-bond acceptors (Lipinski definition) is 4. The molecule has 0 aliphatic carbocycles. The van der Waals surface area contributed by atoms with E-state index in [2.05, 4.69) is 49.2 Å². The molecule has 134 valence electrons. The molecule has 6 heteroatoms. The molecule has 3 fully saturated rings. The monoisotopic (exact) mass is 415 g/mol. The molecule has 0 saturated carbocycles. The molecule has 1 N–H and O–H groups in total. The molecule has 3 aliphatic heterocycles. The van der Waals surface area contributed by atoms with Gasteiger partial charge < -0.3 is 15.0 Å². The third kappa shape index (κ3) is 3.91. The number of rotatable bonds is 3. The lowest BCUT2D eigenvalue weighted by molar-refractivity contribution is 0.122. The Labute approximate surface area is 159 Å². The summed E-state index contributed by atoms with van der Waals surface area (Å²) in [5, 5.41) is 3.55. The van der Waals surface area contributed by atoms with E-state index in [1.165, 1.54) is 54.7 Å². The van der Waals surface area contributed by atoms with Gasteiger partial charge in [-0.25, -0.2) is 0 Å². The van der Waals surface area contributed by atoms with Crippen LogP contribution in [0.15, 0.2) is 22.7 Å². The molecule has 3 aliphatic rings. The second-order valence-electron chi connectivity index (χ2n) is 7.26. The van der Waals surface area contributed by atoms with E-state index in [4.69, 9.17) is 4.74 Å². The van der Waals surface area contributed by atoms with E-state index in [1.54, 1.807) is 0 Å². The fourth-order valence-corrected chi connectivity index (χ4v) is 4.67. The number of likely N-dealkylation sites (tertiary alicyclic amines) is 1. The summed E-state index contributed by atoms with van der Waals surface area (Å²) in [5.41, 5.74) is 3.39. The molecular weight excluding hydrogens is 390 g/mol. The van der Waals surface area contributed by atoms with Crippen LogP contribution < -0.4 is 10.2 Å². The molecule has 4 rings (SSSR count). The van der Waals surface area contributed by atoms with Crippen molar-refractivity contribution >= 4 is 34.0 Å². The molecular formula is C18H27BrClN3O. The van der Waals surface area contributed by atoms with Gasteiger partial charge in [-0.1, -0.05) is 22.0 Å². The molecule has 1 atom stereocenters. The molecule has 1 unspecified atom stereocenters. The van der Waals surface area contributed by atoms with Gasteiger partial charge in [-0.05, 0) is 49.0 Å². The third-order valence-corrected chi connectivity index (χ3v) is 6.14. The number of halogens is 2. The highest BCUT2D eigenvalue weighted by atomic mass is 79.9. The topological polar surface area (TPSA) is 27.7 Å². The molecule has 0 radical (unpaired) electrons. The SMILES string of the molecule is Brc1ccc(CN2CCC3(CCNC3)C2)c(N2CCOCC2)c1.Cl. The number of ether oxygens (including phenoxy) is 1. The van der Waals surface area contributed by atoms with Gasteiger partial charge in [0, 0.05) is 42.9 Å². The van der Waals surface area contributed by atoms with Crippen LogP contribution >= 0.6 is 28.3 Å². The van der Waals surface area contributed by atoms with E-state index in [-0.39, 0.29) is 12.4 Å². The molecule has 24 heavy (non-hydrogen) atoms. The van der Waals surface area contributed by atoms with E-state index in [0.717, 1.165) is 32.8 Å². The number of benzene rings is 1. The highest BCUT2D eigenvalue weighted by molar-refractivity contribution is 9.10. The molecule has 4 nitrogen and oxygen atoms in total. The number of nitrogens with zero attached hydrogens (tertiary/aromatic N) is 2. The molecule has 1 aromatic carbocycles. The summed E-state index contributed by atoms with van der Waals surface area (Å²) in [6.07, 6.45) is 2.70.